The summed E-state index contributed by atoms with van der Waals surface area (Å²) in [6.45, 7) is 1.33. The summed E-state index contributed by atoms with van der Waals surface area (Å²) in [5.41, 5.74) is 2.28. The number of carbonyl (C=O) groups excluding carboxylic acids is 1. The highest BCUT2D eigenvalue weighted by Crippen LogP contribution is 2.24. The Hall–Kier alpha value is -2.90. The van der Waals surface area contributed by atoms with E-state index >= 15 is 0 Å². The third-order valence-electron chi connectivity index (χ3n) is 4.93. The Kier molecular flexibility index (Phi) is 6.28. The van der Waals surface area contributed by atoms with E-state index in [1.807, 2.05) is 24.3 Å². The molecule has 1 heterocycles. The maximum atomic E-state index is 12.6. The number of nitrogens with zero attached hydrogens (tertiary/aromatic N) is 2. The van der Waals surface area contributed by atoms with Gasteiger partial charge in [0.1, 0.15) is 11.8 Å². The Morgan fingerprint density at radius 1 is 1.14 bits per heavy atom. The molecule has 0 bridgehead atoms. The van der Waals surface area contributed by atoms with E-state index in [9.17, 15) is 14.7 Å². The number of ether oxygens (including phenoxy) is 1. The van der Waals surface area contributed by atoms with Crippen LogP contribution in [0.5, 0.6) is 5.75 Å². The van der Waals surface area contributed by atoms with Gasteiger partial charge < -0.3 is 19.8 Å². The third kappa shape index (κ3) is 4.49. The van der Waals surface area contributed by atoms with Gasteiger partial charge in [-0.25, -0.2) is 0 Å². The van der Waals surface area contributed by atoms with Gasteiger partial charge in [0.05, 0.1) is 20.3 Å². The molecule has 28 heavy (non-hydrogen) atoms. The standard InChI is InChI=1S/C21H24N2O5/c1-28-18-4-2-3-16(11-18)12-22-9-10-23(13-19(22)25)20(21(26)27)17-7-5-15(14-24)6-8-17/h2-8,11,20,24H,9-10,12-14H2,1H3,(H,26,27). The van der Waals surface area contributed by atoms with Crippen molar-refractivity contribution in [2.45, 2.75) is 19.2 Å². The zero-order valence-corrected chi connectivity index (χ0v) is 15.7. The summed E-state index contributed by atoms with van der Waals surface area (Å²) in [6.07, 6.45) is 0. The van der Waals surface area contributed by atoms with E-state index in [-0.39, 0.29) is 19.1 Å². The maximum absolute atomic E-state index is 12.6. The molecule has 2 aromatic carbocycles. The zero-order valence-electron chi connectivity index (χ0n) is 15.7. The van der Waals surface area contributed by atoms with Crippen molar-refractivity contribution >= 4 is 11.9 Å². The summed E-state index contributed by atoms with van der Waals surface area (Å²) in [6, 6.07) is 13.4. The van der Waals surface area contributed by atoms with E-state index < -0.39 is 12.0 Å². The van der Waals surface area contributed by atoms with Gasteiger partial charge in [-0.05, 0) is 28.8 Å². The summed E-state index contributed by atoms with van der Waals surface area (Å²) in [5, 5.41) is 18.9. The number of carboxylic acids is 1. The van der Waals surface area contributed by atoms with Crippen molar-refractivity contribution in [2.75, 3.05) is 26.7 Å². The van der Waals surface area contributed by atoms with Crippen molar-refractivity contribution in [2.24, 2.45) is 0 Å². The summed E-state index contributed by atoms with van der Waals surface area (Å²) in [7, 11) is 1.60. The minimum Gasteiger partial charge on any atom is -0.497 e. The van der Waals surface area contributed by atoms with E-state index in [2.05, 4.69) is 0 Å². The van der Waals surface area contributed by atoms with E-state index in [0.717, 1.165) is 11.3 Å². The van der Waals surface area contributed by atoms with Crippen molar-refractivity contribution in [3.05, 3.63) is 65.2 Å². The van der Waals surface area contributed by atoms with Crippen LogP contribution in [0.25, 0.3) is 0 Å². The number of hydrogen-bond acceptors (Lipinski definition) is 5. The predicted octanol–water partition coefficient (Wildman–Crippen LogP) is 1.66. The van der Waals surface area contributed by atoms with Gasteiger partial charge in [-0.2, -0.15) is 0 Å². The molecule has 1 unspecified atom stereocenters. The Labute approximate surface area is 163 Å². The van der Waals surface area contributed by atoms with E-state index in [0.29, 0.717) is 30.8 Å². The molecule has 0 aliphatic carbocycles. The number of carbonyl (C=O) groups is 2. The minimum atomic E-state index is -0.995. The minimum absolute atomic E-state index is 0.0443. The molecule has 0 spiro atoms. The fourth-order valence-electron chi connectivity index (χ4n) is 3.42. The number of carboxylic acid groups (broad SMARTS) is 1. The van der Waals surface area contributed by atoms with Crippen LogP contribution in [0.15, 0.2) is 48.5 Å². The predicted molar refractivity (Wildman–Crippen MR) is 103 cm³/mol. The number of amides is 1. The number of aliphatic hydroxyl groups is 1. The maximum Gasteiger partial charge on any atom is 0.325 e. The lowest BCUT2D eigenvalue weighted by Crippen LogP contribution is -2.52. The molecular weight excluding hydrogens is 360 g/mol. The molecule has 1 amide bonds. The van der Waals surface area contributed by atoms with Gasteiger partial charge in [-0.3, -0.25) is 14.5 Å². The van der Waals surface area contributed by atoms with Gasteiger partial charge in [-0.1, -0.05) is 36.4 Å². The van der Waals surface area contributed by atoms with Gasteiger partial charge in [0.2, 0.25) is 5.91 Å². The van der Waals surface area contributed by atoms with E-state index in [1.54, 1.807) is 41.2 Å². The lowest BCUT2D eigenvalue weighted by Gasteiger charge is -2.37. The molecular formula is C21H24N2O5. The highest BCUT2D eigenvalue weighted by molar-refractivity contribution is 5.81. The quantitative estimate of drug-likeness (QED) is 0.755. The van der Waals surface area contributed by atoms with E-state index in [1.165, 1.54) is 0 Å². The Morgan fingerprint density at radius 3 is 2.50 bits per heavy atom. The first kappa shape index (κ1) is 19.9. The number of aliphatic carboxylic acids is 1. The molecule has 0 aromatic heterocycles. The van der Waals surface area contributed by atoms with Crippen LogP contribution < -0.4 is 4.74 Å². The summed E-state index contributed by atoms with van der Waals surface area (Å²) in [4.78, 5) is 27.9. The SMILES string of the molecule is COc1cccc(CN2CCN(C(C(=O)O)c3ccc(CO)cc3)CC2=O)c1. The van der Waals surface area contributed by atoms with Crippen LogP contribution in [-0.4, -0.2) is 58.6 Å². The number of methoxy groups -OCH3 is 1. The average Bonchev–Trinajstić information content (AvgIpc) is 2.70. The molecule has 1 atom stereocenters. The second-order valence-corrected chi connectivity index (χ2v) is 6.78. The van der Waals surface area contributed by atoms with E-state index in [4.69, 9.17) is 9.84 Å². The van der Waals surface area contributed by atoms with Crippen LogP contribution in [0, 0.1) is 0 Å². The number of rotatable bonds is 7. The van der Waals surface area contributed by atoms with Gasteiger partial charge in [0.15, 0.2) is 0 Å². The van der Waals surface area contributed by atoms with Crippen LogP contribution in [-0.2, 0) is 22.7 Å². The van der Waals surface area contributed by atoms with Crippen molar-refractivity contribution in [3.63, 3.8) is 0 Å². The number of hydrogen-bond donors (Lipinski definition) is 2. The largest absolute Gasteiger partial charge is 0.497 e. The monoisotopic (exact) mass is 384 g/mol. The van der Waals surface area contributed by atoms with Crippen LogP contribution in [0.3, 0.4) is 0 Å². The molecule has 148 valence electrons. The Balaban J connectivity index is 1.69. The molecule has 7 heteroatoms. The van der Waals surface area contributed by atoms with Crippen molar-refractivity contribution in [1.29, 1.82) is 0 Å². The molecule has 1 aliphatic rings. The second-order valence-electron chi connectivity index (χ2n) is 6.78. The first-order valence-corrected chi connectivity index (χ1v) is 9.09. The van der Waals surface area contributed by atoms with Crippen molar-refractivity contribution in [1.82, 2.24) is 9.80 Å². The van der Waals surface area contributed by atoms with Crippen LogP contribution in [0.1, 0.15) is 22.7 Å². The molecule has 0 saturated carbocycles. The molecule has 0 radical (unpaired) electrons. The first-order valence-electron chi connectivity index (χ1n) is 9.09. The Morgan fingerprint density at radius 2 is 1.89 bits per heavy atom. The molecule has 1 aliphatic heterocycles. The smallest absolute Gasteiger partial charge is 0.325 e. The van der Waals surface area contributed by atoms with Crippen molar-refractivity contribution < 1.29 is 24.5 Å². The molecule has 2 aromatic rings. The number of aliphatic hydroxyl groups excluding tert-OH is 1. The summed E-state index contributed by atoms with van der Waals surface area (Å²) >= 11 is 0. The van der Waals surface area contributed by atoms with Crippen LogP contribution >= 0.6 is 0 Å². The number of benzene rings is 2. The molecule has 2 N–H and O–H groups in total. The van der Waals surface area contributed by atoms with Crippen LogP contribution in [0.2, 0.25) is 0 Å². The molecule has 1 saturated heterocycles. The fraction of sp³-hybridized carbons (Fsp3) is 0.333. The third-order valence-corrected chi connectivity index (χ3v) is 4.93. The Bertz CT molecular complexity index is 837. The topological polar surface area (TPSA) is 90.3 Å². The molecule has 3 rings (SSSR count). The first-order chi connectivity index (χ1) is 13.5. The van der Waals surface area contributed by atoms with Gasteiger partial charge in [0, 0.05) is 19.6 Å². The zero-order chi connectivity index (χ0) is 20.1. The lowest BCUT2D eigenvalue weighted by molar-refractivity contribution is -0.148. The second kappa shape index (κ2) is 8.86. The lowest BCUT2D eigenvalue weighted by atomic mass is 10.0. The molecule has 7 nitrogen and oxygen atoms in total. The number of piperazine rings is 1. The molecule has 1 fully saturated rings. The van der Waals surface area contributed by atoms with Gasteiger partial charge in [-0.15, -0.1) is 0 Å². The van der Waals surface area contributed by atoms with Gasteiger partial charge >= 0.3 is 5.97 Å². The highest BCUT2D eigenvalue weighted by atomic mass is 16.5. The average molecular weight is 384 g/mol. The van der Waals surface area contributed by atoms with Gasteiger partial charge in [0.25, 0.3) is 0 Å². The fourth-order valence-corrected chi connectivity index (χ4v) is 3.42. The summed E-state index contributed by atoms with van der Waals surface area (Å²) in [5.74, 6) is -0.362. The summed E-state index contributed by atoms with van der Waals surface area (Å²) < 4.78 is 5.22. The van der Waals surface area contributed by atoms with Crippen LogP contribution in [0.4, 0.5) is 0 Å². The van der Waals surface area contributed by atoms with Crippen molar-refractivity contribution in [3.8, 4) is 5.75 Å². The normalized spacial score (nSPS) is 16.1. The highest BCUT2D eigenvalue weighted by Gasteiger charge is 2.33.